The highest BCUT2D eigenvalue weighted by Crippen LogP contribution is 2.31. The first-order valence-corrected chi connectivity index (χ1v) is 9.87. The van der Waals surface area contributed by atoms with Crippen LogP contribution in [0.4, 0.5) is 0 Å². The van der Waals surface area contributed by atoms with E-state index in [1.54, 1.807) is 30.3 Å². The van der Waals surface area contributed by atoms with Crippen molar-refractivity contribution < 1.29 is 9.21 Å². The van der Waals surface area contributed by atoms with Crippen molar-refractivity contribution in [3.63, 3.8) is 0 Å². The Bertz CT molecular complexity index is 955. The van der Waals surface area contributed by atoms with Gasteiger partial charge < -0.3 is 4.42 Å². The molecule has 3 rings (SSSR count). The second kappa shape index (κ2) is 8.68. The maximum atomic E-state index is 11.8. The van der Waals surface area contributed by atoms with Crippen LogP contribution in [0.3, 0.4) is 0 Å². The zero-order valence-electron chi connectivity index (χ0n) is 13.4. The van der Waals surface area contributed by atoms with Crippen LogP contribution in [0, 0.1) is 6.92 Å². The molecule has 0 spiro atoms. The number of aromatic nitrogens is 2. The van der Waals surface area contributed by atoms with Crippen molar-refractivity contribution in [1.82, 2.24) is 15.6 Å². The second-order valence-corrected chi connectivity index (χ2v) is 8.24. The largest absolute Gasteiger partial charge is 0.455 e. The standard InChI is InChI=1S/C16H12Cl2N4O2S2/c1-9-20-22-16(26-9)25-8-15(23)21-19-7-11-3-5-14(24-11)12-6-10(17)2-4-13(12)18/h2-7H,8H2,1H3,(H,21,23). The molecule has 2 heterocycles. The summed E-state index contributed by atoms with van der Waals surface area (Å²) < 4.78 is 6.40. The highest BCUT2D eigenvalue weighted by atomic mass is 35.5. The van der Waals surface area contributed by atoms with Gasteiger partial charge in [0.25, 0.3) is 5.91 Å². The average Bonchev–Trinajstić information content (AvgIpc) is 3.24. The molecule has 10 heteroatoms. The SMILES string of the molecule is Cc1nnc(SCC(=O)NN=Cc2ccc(-c3cc(Cl)ccc3Cl)o2)s1. The Balaban J connectivity index is 1.55. The molecule has 134 valence electrons. The number of carbonyl (C=O) groups is 1. The lowest BCUT2D eigenvalue weighted by Crippen LogP contribution is -2.19. The van der Waals surface area contributed by atoms with Gasteiger partial charge in [-0.3, -0.25) is 4.79 Å². The zero-order valence-corrected chi connectivity index (χ0v) is 16.5. The van der Waals surface area contributed by atoms with Crippen LogP contribution in [-0.2, 0) is 4.79 Å². The van der Waals surface area contributed by atoms with E-state index in [0.29, 0.717) is 27.1 Å². The summed E-state index contributed by atoms with van der Waals surface area (Å²) in [5, 5.41) is 13.7. The molecule has 0 fully saturated rings. The molecular weight excluding hydrogens is 415 g/mol. The van der Waals surface area contributed by atoms with Gasteiger partial charge in [0, 0.05) is 10.6 Å². The van der Waals surface area contributed by atoms with Crippen molar-refractivity contribution in [3.05, 3.63) is 51.1 Å². The summed E-state index contributed by atoms with van der Waals surface area (Å²) in [7, 11) is 0. The molecule has 6 nitrogen and oxygen atoms in total. The van der Waals surface area contributed by atoms with E-state index in [0.717, 1.165) is 9.35 Å². The molecule has 1 aromatic carbocycles. The minimum atomic E-state index is -0.247. The van der Waals surface area contributed by atoms with Gasteiger partial charge in [-0.05, 0) is 37.3 Å². The molecule has 1 N–H and O–H groups in total. The highest BCUT2D eigenvalue weighted by Gasteiger charge is 2.09. The molecule has 0 unspecified atom stereocenters. The molecule has 0 atom stereocenters. The quantitative estimate of drug-likeness (QED) is 0.352. The minimum absolute atomic E-state index is 0.202. The zero-order chi connectivity index (χ0) is 18.5. The molecule has 0 aliphatic heterocycles. The number of hydrogen-bond donors (Lipinski definition) is 1. The summed E-state index contributed by atoms with van der Waals surface area (Å²) in [4.78, 5) is 11.8. The van der Waals surface area contributed by atoms with Crippen LogP contribution in [0.15, 0.2) is 44.2 Å². The number of nitrogens with one attached hydrogen (secondary N) is 1. The van der Waals surface area contributed by atoms with Gasteiger partial charge in [0.15, 0.2) is 4.34 Å². The van der Waals surface area contributed by atoms with E-state index in [2.05, 4.69) is 20.7 Å². The maximum absolute atomic E-state index is 11.8. The molecule has 3 aromatic rings. The number of carbonyl (C=O) groups excluding carboxylic acids is 1. The topological polar surface area (TPSA) is 80.4 Å². The van der Waals surface area contributed by atoms with E-state index < -0.39 is 0 Å². The number of rotatable bonds is 6. The maximum Gasteiger partial charge on any atom is 0.250 e. The number of nitrogens with zero attached hydrogens (tertiary/aromatic N) is 3. The summed E-state index contributed by atoms with van der Waals surface area (Å²) in [6.45, 7) is 1.86. The van der Waals surface area contributed by atoms with Crippen LogP contribution in [0.1, 0.15) is 10.8 Å². The lowest BCUT2D eigenvalue weighted by Gasteiger charge is -2.01. The molecule has 0 saturated carbocycles. The normalized spacial score (nSPS) is 11.2. The Morgan fingerprint density at radius 1 is 1.35 bits per heavy atom. The highest BCUT2D eigenvalue weighted by molar-refractivity contribution is 8.01. The summed E-state index contributed by atoms with van der Waals surface area (Å²) >= 11 is 14.9. The number of hydrogen-bond acceptors (Lipinski definition) is 7. The number of furan rings is 1. The lowest BCUT2D eigenvalue weighted by atomic mass is 10.2. The van der Waals surface area contributed by atoms with Gasteiger partial charge in [0.2, 0.25) is 0 Å². The second-order valence-electron chi connectivity index (χ2n) is 5.00. The molecule has 1 amide bonds. The van der Waals surface area contributed by atoms with Gasteiger partial charge in [-0.15, -0.1) is 10.2 Å². The van der Waals surface area contributed by atoms with Crippen molar-refractivity contribution in [3.8, 4) is 11.3 Å². The van der Waals surface area contributed by atoms with Gasteiger partial charge in [0.05, 0.1) is 17.0 Å². The molecule has 0 bridgehead atoms. The average molecular weight is 427 g/mol. The third-order valence-electron chi connectivity index (χ3n) is 3.04. The fourth-order valence-electron chi connectivity index (χ4n) is 1.92. The molecule has 0 radical (unpaired) electrons. The fraction of sp³-hybridized carbons (Fsp3) is 0.125. The third kappa shape index (κ3) is 5.07. The van der Waals surface area contributed by atoms with Crippen LogP contribution in [0.5, 0.6) is 0 Å². The fourth-order valence-corrected chi connectivity index (χ4v) is 3.91. The third-order valence-corrected chi connectivity index (χ3v) is 5.57. The number of hydrazone groups is 1. The first kappa shape index (κ1) is 18.9. The number of aryl methyl sites for hydroxylation is 1. The van der Waals surface area contributed by atoms with Crippen molar-refractivity contribution >= 4 is 58.4 Å². The first-order valence-electron chi connectivity index (χ1n) is 7.31. The number of halogens is 2. The lowest BCUT2D eigenvalue weighted by molar-refractivity contribution is -0.118. The molecule has 0 aliphatic carbocycles. The van der Waals surface area contributed by atoms with Crippen molar-refractivity contribution in [2.45, 2.75) is 11.3 Å². The van der Waals surface area contributed by atoms with Crippen molar-refractivity contribution in [2.75, 3.05) is 5.75 Å². The summed E-state index contributed by atoms with van der Waals surface area (Å²) in [5.41, 5.74) is 3.12. The number of amides is 1. The van der Waals surface area contributed by atoms with E-state index in [-0.39, 0.29) is 11.7 Å². The van der Waals surface area contributed by atoms with E-state index >= 15 is 0 Å². The molecule has 0 aliphatic rings. The van der Waals surface area contributed by atoms with Crippen LogP contribution in [0.2, 0.25) is 10.0 Å². The van der Waals surface area contributed by atoms with Crippen LogP contribution < -0.4 is 5.43 Å². The summed E-state index contributed by atoms with van der Waals surface area (Å²) in [6.07, 6.45) is 1.42. The Hall–Kier alpha value is -1.87. The van der Waals surface area contributed by atoms with Crippen LogP contribution in [0.25, 0.3) is 11.3 Å². The Morgan fingerprint density at radius 2 is 2.19 bits per heavy atom. The van der Waals surface area contributed by atoms with Crippen molar-refractivity contribution in [2.24, 2.45) is 5.10 Å². The predicted octanol–water partition coefficient (Wildman–Crippen LogP) is 4.66. The van der Waals surface area contributed by atoms with E-state index in [1.807, 2.05) is 6.92 Å². The van der Waals surface area contributed by atoms with Crippen LogP contribution in [-0.4, -0.2) is 28.1 Å². The predicted molar refractivity (Wildman–Crippen MR) is 105 cm³/mol. The van der Waals surface area contributed by atoms with Crippen molar-refractivity contribution in [1.29, 1.82) is 0 Å². The summed E-state index contributed by atoms with van der Waals surface area (Å²) in [6, 6.07) is 8.61. The van der Waals surface area contributed by atoms with Crippen LogP contribution >= 0.6 is 46.3 Å². The Morgan fingerprint density at radius 3 is 2.96 bits per heavy atom. The van der Waals surface area contributed by atoms with Gasteiger partial charge in [-0.2, -0.15) is 5.10 Å². The molecule has 0 saturated heterocycles. The van der Waals surface area contributed by atoms with Gasteiger partial charge in [-0.1, -0.05) is 46.3 Å². The molecular formula is C16H12Cl2N4O2S2. The molecule has 2 aromatic heterocycles. The van der Waals surface area contributed by atoms with Gasteiger partial charge in [0.1, 0.15) is 16.5 Å². The molecule has 26 heavy (non-hydrogen) atoms. The number of benzene rings is 1. The number of thioether (sulfide) groups is 1. The Labute approximate surface area is 167 Å². The van der Waals surface area contributed by atoms with E-state index in [9.17, 15) is 4.79 Å². The van der Waals surface area contributed by atoms with E-state index in [1.165, 1.54) is 29.3 Å². The smallest absolute Gasteiger partial charge is 0.250 e. The first-order chi connectivity index (χ1) is 12.5. The van der Waals surface area contributed by atoms with E-state index in [4.69, 9.17) is 27.6 Å². The van der Waals surface area contributed by atoms with Gasteiger partial charge in [-0.25, -0.2) is 5.43 Å². The summed E-state index contributed by atoms with van der Waals surface area (Å²) in [5.74, 6) is 0.994. The van der Waals surface area contributed by atoms with Gasteiger partial charge >= 0.3 is 0 Å². The monoisotopic (exact) mass is 426 g/mol. The minimum Gasteiger partial charge on any atom is -0.455 e. The Kier molecular flexibility index (Phi) is 6.31.